The maximum absolute atomic E-state index is 13.4. The van der Waals surface area contributed by atoms with Gasteiger partial charge in [-0.2, -0.15) is 11.8 Å². The van der Waals surface area contributed by atoms with Gasteiger partial charge in [0.05, 0.1) is 6.10 Å². The zero-order valence-corrected chi connectivity index (χ0v) is 10.7. The van der Waals surface area contributed by atoms with Crippen molar-refractivity contribution in [2.24, 2.45) is 0 Å². The first kappa shape index (κ1) is 13.7. The molecule has 1 unspecified atom stereocenters. The van der Waals surface area contributed by atoms with E-state index in [4.69, 9.17) is 0 Å². The van der Waals surface area contributed by atoms with E-state index in [0.29, 0.717) is 11.0 Å². The Morgan fingerprint density at radius 1 is 1.17 bits per heavy atom. The Morgan fingerprint density at radius 3 is 2.50 bits per heavy atom. The molecule has 1 aromatic carbocycles. The quantitative estimate of drug-likeness (QED) is 0.844. The summed E-state index contributed by atoms with van der Waals surface area (Å²) in [6, 6.07) is 1.95. The van der Waals surface area contributed by atoms with Crippen molar-refractivity contribution in [1.29, 1.82) is 0 Å². The first-order valence-electron chi connectivity index (χ1n) is 6.02. The van der Waals surface area contributed by atoms with Gasteiger partial charge in [0.15, 0.2) is 17.5 Å². The lowest BCUT2D eigenvalue weighted by molar-refractivity contribution is 0.196. The van der Waals surface area contributed by atoms with Crippen LogP contribution >= 0.6 is 11.8 Å². The Hall–Kier alpha value is -0.680. The predicted octanol–water partition coefficient (Wildman–Crippen LogP) is 3.81. The summed E-state index contributed by atoms with van der Waals surface area (Å²) in [5.41, 5.74) is -0.167. The molecule has 0 bridgehead atoms. The van der Waals surface area contributed by atoms with Crippen LogP contribution in [0.1, 0.15) is 37.4 Å². The molecule has 1 aliphatic rings. The fraction of sp³-hybridized carbons (Fsp3) is 0.538. The van der Waals surface area contributed by atoms with Crippen LogP contribution in [0, 0.1) is 17.5 Å². The van der Waals surface area contributed by atoms with Gasteiger partial charge in [0, 0.05) is 16.6 Å². The fourth-order valence-electron chi connectivity index (χ4n) is 2.17. The summed E-state index contributed by atoms with van der Waals surface area (Å²) in [5, 5.41) is 10.3. The minimum absolute atomic E-state index is 0.167. The minimum Gasteiger partial charge on any atom is -0.387 e. The van der Waals surface area contributed by atoms with Crippen LogP contribution in [0.15, 0.2) is 12.1 Å². The van der Waals surface area contributed by atoms with Gasteiger partial charge in [-0.25, -0.2) is 13.2 Å². The summed E-state index contributed by atoms with van der Waals surface area (Å²) < 4.78 is 39.2. The maximum Gasteiger partial charge on any atom is 0.194 e. The van der Waals surface area contributed by atoms with Gasteiger partial charge in [-0.1, -0.05) is 18.9 Å². The van der Waals surface area contributed by atoms with Crippen molar-refractivity contribution in [3.63, 3.8) is 0 Å². The number of hydrogen-bond donors (Lipinski definition) is 1. The zero-order chi connectivity index (χ0) is 13.1. The summed E-state index contributed by atoms with van der Waals surface area (Å²) in [6.07, 6.45) is 3.50. The number of aliphatic hydroxyl groups is 1. The van der Waals surface area contributed by atoms with Gasteiger partial charge in [-0.3, -0.25) is 0 Å². The second kappa shape index (κ2) is 5.97. The molecule has 0 amide bonds. The number of thioether (sulfide) groups is 1. The van der Waals surface area contributed by atoms with Gasteiger partial charge in [-0.05, 0) is 18.9 Å². The molecule has 1 aromatic rings. The molecule has 2 rings (SSSR count). The Kier molecular flexibility index (Phi) is 4.56. The van der Waals surface area contributed by atoms with E-state index in [1.807, 2.05) is 0 Å². The molecule has 0 heterocycles. The molecule has 18 heavy (non-hydrogen) atoms. The molecular weight excluding hydrogens is 261 g/mol. The topological polar surface area (TPSA) is 20.2 Å². The molecule has 1 aliphatic carbocycles. The van der Waals surface area contributed by atoms with Crippen molar-refractivity contribution in [3.8, 4) is 0 Å². The van der Waals surface area contributed by atoms with Crippen molar-refractivity contribution in [2.75, 3.05) is 5.75 Å². The molecule has 0 saturated heterocycles. The van der Waals surface area contributed by atoms with Crippen LogP contribution in [0.3, 0.4) is 0 Å². The number of benzene rings is 1. The molecule has 1 fully saturated rings. The highest BCUT2D eigenvalue weighted by Gasteiger charge is 2.21. The monoisotopic (exact) mass is 276 g/mol. The van der Waals surface area contributed by atoms with Crippen LogP contribution in [-0.4, -0.2) is 16.1 Å². The molecule has 1 N–H and O–H groups in total. The molecule has 1 atom stereocenters. The van der Waals surface area contributed by atoms with E-state index < -0.39 is 23.6 Å². The van der Waals surface area contributed by atoms with Gasteiger partial charge in [0.25, 0.3) is 0 Å². The van der Waals surface area contributed by atoms with Crippen molar-refractivity contribution < 1.29 is 18.3 Å². The van der Waals surface area contributed by atoms with Crippen molar-refractivity contribution >= 4 is 11.8 Å². The van der Waals surface area contributed by atoms with Crippen molar-refractivity contribution in [2.45, 2.75) is 37.0 Å². The van der Waals surface area contributed by atoms with Gasteiger partial charge < -0.3 is 5.11 Å². The first-order chi connectivity index (χ1) is 8.59. The van der Waals surface area contributed by atoms with E-state index in [-0.39, 0.29) is 5.56 Å². The Labute approximate surface area is 108 Å². The van der Waals surface area contributed by atoms with Gasteiger partial charge in [-0.15, -0.1) is 0 Å². The lowest BCUT2D eigenvalue weighted by Gasteiger charge is -2.15. The third kappa shape index (κ3) is 3.01. The summed E-state index contributed by atoms with van der Waals surface area (Å²) in [5.74, 6) is -3.72. The highest BCUT2D eigenvalue weighted by Crippen LogP contribution is 2.32. The van der Waals surface area contributed by atoms with E-state index in [2.05, 4.69) is 0 Å². The smallest absolute Gasteiger partial charge is 0.194 e. The molecule has 0 radical (unpaired) electrons. The Morgan fingerprint density at radius 2 is 1.83 bits per heavy atom. The summed E-state index contributed by atoms with van der Waals surface area (Å²) in [4.78, 5) is 0. The Balaban J connectivity index is 1.99. The number of aliphatic hydroxyl groups excluding tert-OH is 1. The Bertz CT molecular complexity index is 419. The third-order valence-electron chi connectivity index (χ3n) is 3.22. The first-order valence-corrected chi connectivity index (χ1v) is 7.07. The van der Waals surface area contributed by atoms with E-state index in [0.717, 1.165) is 25.0 Å². The standard InChI is InChI=1S/C13H15F3OS/c14-10-6-5-9(12(15)13(10)16)11(17)7-18-8-3-1-2-4-8/h5-6,8,11,17H,1-4,7H2. The number of rotatable bonds is 4. The molecule has 1 nitrogen and oxygen atoms in total. The van der Waals surface area contributed by atoms with E-state index in [1.165, 1.54) is 12.8 Å². The average molecular weight is 276 g/mol. The summed E-state index contributed by atoms with van der Waals surface area (Å²) in [7, 11) is 0. The van der Waals surface area contributed by atoms with Crippen LogP contribution < -0.4 is 0 Å². The lowest BCUT2D eigenvalue weighted by atomic mass is 10.1. The molecule has 5 heteroatoms. The second-order valence-corrected chi connectivity index (χ2v) is 5.85. The van der Waals surface area contributed by atoms with Crippen LogP contribution in [0.2, 0.25) is 0 Å². The van der Waals surface area contributed by atoms with E-state index >= 15 is 0 Å². The average Bonchev–Trinajstić information content (AvgIpc) is 2.86. The highest BCUT2D eigenvalue weighted by molar-refractivity contribution is 7.99. The zero-order valence-electron chi connectivity index (χ0n) is 9.83. The second-order valence-electron chi connectivity index (χ2n) is 4.52. The molecule has 0 aromatic heterocycles. The van der Waals surface area contributed by atoms with Gasteiger partial charge >= 0.3 is 0 Å². The van der Waals surface area contributed by atoms with Crippen molar-refractivity contribution in [3.05, 3.63) is 35.1 Å². The maximum atomic E-state index is 13.4. The normalized spacial score (nSPS) is 18.2. The molecule has 0 spiro atoms. The fourth-order valence-corrected chi connectivity index (χ4v) is 3.47. The molecule has 1 saturated carbocycles. The van der Waals surface area contributed by atoms with Crippen LogP contribution in [0.25, 0.3) is 0 Å². The number of halogens is 3. The summed E-state index contributed by atoms with van der Waals surface area (Å²) >= 11 is 1.57. The van der Waals surface area contributed by atoms with Crippen molar-refractivity contribution in [1.82, 2.24) is 0 Å². The third-order valence-corrected chi connectivity index (χ3v) is 4.67. The highest BCUT2D eigenvalue weighted by atomic mass is 32.2. The molecule has 0 aliphatic heterocycles. The summed E-state index contributed by atoms with van der Waals surface area (Å²) in [6.45, 7) is 0. The van der Waals surface area contributed by atoms with Crippen LogP contribution in [0.4, 0.5) is 13.2 Å². The van der Waals surface area contributed by atoms with Crippen LogP contribution in [-0.2, 0) is 0 Å². The number of hydrogen-bond acceptors (Lipinski definition) is 2. The van der Waals surface area contributed by atoms with Gasteiger partial charge in [0.1, 0.15) is 0 Å². The van der Waals surface area contributed by atoms with Crippen LogP contribution in [0.5, 0.6) is 0 Å². The lowest BCUT2D eigenvalue weighted by Crippen LogP contribution is -2.08. The largest absolute Gasteiger partial charge is 0.387 e. The van der Waals surface area contributed by atoms with E-state index in [9.17, 15) is 18.3 Å². The van der Waals surface area contributed by atoms with E-state index in [1.54, 1.807) is 11.8 Å². The predicted molar refractivity (Wildman–Crippen MR) is 66.0 cm³/mol. The minimum atomic E-state index is -1.52. The molecular formula is C13H15F3OS. The van der Waals surface area contributed by atoms with Gasteiger partial charge in [0.2, 0.25) is 0 Å². The SMILES string of the molecule is OC(CSC1CCCC1)c1ccc(F)c(F)c1F. The molecule has 100 valence electrons.